The second-order valence-electron chi connectivity index (χ2n) is 6.75. The molecule has 0 aromatic carbocycles. The second-order valence-corrected chi connectivity index (χ2v) is 8.73. The number of morpholine rings is 1. The Bertz CT molecular complexity index is 555. The lowest BCUT2D eigenvalue weighted by Crippen LogP contribution is -2.53. The smallest absolute Gasteiger partial charge is 0.211 e. The van der Waals surface area contributed by atoms with E-state index < -0.39 is 10.0 Å². The Hall–Kier alpha value is -0.170. The average Bonchev–Trinajstić information content (AvgIpc) is 3.14. The van der Waals surface area contributed by atoms with Crippen molar-refractivity contribution >= 4 is 40.0 Å². The van der Waals surface area contributed by atoms with Gasteiger partial charge in [0, 0.05) is 45.9 Å². The Balaban J connectivity index is 0.00000364. The summed E-state index contributed by atoms with van der Waals surface area (Å²) < 4.78 is 36.5. The van der Waals surface area contributed by atoms with Crippen LogP contribution >= 0.6 is 24.0 Å². The first-order chi connectivity index (χ1) is 12.5. The first kappa shape index (κ1) is 24.9. The summed E-state index contributed by atoms with van der Waals surface area (Å²) in [5.41, 5.74) is 0. The first-order valence-corrected chi connectivity index (χ1v) is 11.5. The van der Waals surface area contributed by atoms with Crippen LogP contribution in [0.1, 0.15) is 33.1 Å². The SMILES string of the molecule is CCNC(=NCCCN(CC)S(C)(=O)=O)N1CCOC(C2CCCO2)C1.I. The fourth-order valence-electron chi connectivity index (χ4n) is 3.40. The van der Waals surface area contributed by atoms with Gasteiger partial charge in [0.2, 0.25) is 10.0 Å². The minimum absolute atomic E-state index is 0. The molecule has 2 heterocycles. The Labute approximate surface area is 181 Å². The molecule has 2 aliphatic heterocycles. The predicted octanol–water partition coefficient (Wildman–Crippen LogP) is 1.12. The first-order valence-electron chi connectivity index (χ1n) is 9.67. The molecule has 27 heavy (non-hydrogen) atoms. The van der Waals surface area contributed by atoms with E-state index in [1.54, 1.807) is 0 Å². The van der Waals surface area contributed by atoms with Crippen molar-refractivity contribution in [2.75, 3.05) is 58.7 Å². The molecule has 0 aromatic rings. The molecule has 2 rings (SSSR count). The predicted molar refractivity (Wildman–Crippen MR) is 118 cm³/mol. The highest BCUT2D eigenvalue weighted by atomic mass is 127. The lowest BCUT2D eigenvalue weighted by molar-refractivity contribution is -0.0817. The third-order valence-corrected chi connectivity index (χ3v) is 6.14. The van der Waals surface area contributed by atoms with E-state index in [1.807, 2.05) is 6.92 Å². The summed E-state index contributed by atoms with van der Waals surface area (Å²) in [5.74, 6) is 0.876. The van der Waals surface area contributed by atoms with Crippen LogP contribution in [0.5, 0.6) is 0 Å². The van der Waals surface area contributed by atoms with Gasteiger partial charge >= 0.3 is 0 Å². The summed E-state index contributed by atoms with van der Waals surface area (Å²) in [6, 6.07) is 0. The zero-order chi connectivity index (χ0) is 19.0. The summed E-state index contributed by atoms with van der Waals surface area (Å²) in [6.07, 6.45) is 4.40. The number of ether oxygens (including phenoxy) is 2. The highest BCUT2D eigenvalue weighted by Crippen LogP contribution is 2.21. The van der Waals surface area contributed by atoms with E-state index >= 15 is 0 Å². The minimum Gasteiger partial charge on any atom is -0.375 e. The van der Waals surface area contributed by atoms with Crippen molar-refractivity contribution in [2.24, 2.45) is 4.99 Å². The van der Waals surface area contributed by atoms with Crippen LogP contribution in [-0.4, -0.2) is 94.5 Å². The summed E-state index contributed by atoms with van der Waals surface area (Å²) in [7, 11) is -3.13. The number of nitrogens with one attached hydrogen (secondary N) is 1. The van der Waals surface area contributed by atoms with Gasteiger partial charge in [-0.05, 0) is 26.2 Å². The topological polar surface area (TPSA) is 83.5 Å². The summed E-state index contributed by atoms with van der Waals surface area (Å²) in [4.78, 5) is 6.93. The van der Waals surface area contributed by atoms with Crippen molar-refractivity contribution in [3.05, 3.63) is 0 Å². The largest absolute Gasteiger partial charge is 0.375 e. The van der Waals surface area contributed by atoms with Crippen LogP contribution in [0.2, 0.25) is 0 Å². The molecule has 1 N–H and O–H groups in total. The van der Waals surface area contributed by atoms with Gasteiger partial charge in [-0.15, -0.1) is 24.0 Å². The minimum atomic E-state index is -3.13. The van der Waals surface area contributed by atoms with Crippen LogP contribution in [-0.2, 0) is 19.5 Å². The van der Waals surface area contributed by atoms with Crippen molar-refractivity contribution in [3.63, 3.8) is 0 Å². The maximum atomic E-state index is 11.6. The van der Waals surface area contributed by atoms with Crippen LogP contribution in [0.15, 0.2) is 4.99 Å². The molecule has 0 aromatic heterocycles. The molecule has 0 saturated carbocycles. The van der Waals surface area contributed by atoms with E-state index in [-0.39, 0.29) is 36.2 Å². The maximum Gasteiger partial charge on any atom is 0.211 e. The van der Waals surface area contributed by atoms with E-state index in [0.29, 0.717) is 32.7 Å². The standard InChI is InChI=1S/C17H34N4O4S.HI/c1-4-18-17(19-9-7-10-21(5-2)26(3,22)23)20-11-13-25-16(14-20)15-8-6-12-24-15;/h15-16H,4-14H2,1-3H3,(H,18,19);1H. The van der Waals surface area contributed by atoms with Crippen molar-refractivity contribution in [3.8, 4) is 0 Å². The lowest BCUT2D eigenvalue weighted by atomic mass is 10.1. The zero-order valence-electron chi connectivity index (χ0n) is 16.7. The summed E-state index contributed by atoms with van der Waals surface area (Å²) in [5, 5.41) is 3.34. The number of nitrogens with zero attached hydrogens (tertiary/aromatic N) is 3. The van der Waals surface area contributed by atoms with Crippen LogP contribution in [0.3, 0.4) is 0 Å². The van der Waals surface area contributed by atoms with E-state index in [2.05, 4.69) is 17.1 Å². The molecule has 10 heteroatoms. The Kier molecular flexibility index (Phi) is 11.4. The van der Waals surface area contributed by atoms with Gasteiger partial charge in [0.25, 0.3) is 0 Å². The summed E-state index contributed by atoms with van der Waals surface area (Å²) in [6.45, 7) is 9.37. The number of hydrogen-bond acceptors (Lipinski definition) is 5. The highest BCUT2D eigenvalue weighted by Gasteiger charge is 2.32. The fourth-order valence-corrected chi connectivity index (χ4v) is 4.33. The third kappa shape index (κ3) is 8.00. The number of guanidine groups is 1. The maximum absolute atomic E-state index is 11.6. The lowest BCUT2D eigenvalue weighted by Gasteiger charge is -2.37. The molecule has 2 atom stereocenters. The number of hydrogen-bond donors (Lipinski definition) is 1. The molecule has 0 spiro atoms. The quantitative estimate of drug-likeness (QED) is 0.225. The molecule has 0 radical (unpaired) electrons. The Morgan fingerprint density at radius 2 is 2.00 bits per heavy atom. The van der Waals surface area contributed by atoms with Crippen LogP contribution < -0.4 is 5.32 Å². The molecule has 2 saturated heterocycles. The molecular weight excluding hydrogens is 483 g/mol. The van der Waals surface area contributed by atoms with Crippen molar-refractivity contribution < 1.29 is 17.9 Å². The Morgan fingerprint density at radius 1 is 1.26 bits per heavy atom. The molecule has 2 unspecified atom stereocenters. The fraction of sp³-hybridized carbons (Fsp3) is 0.941. The molecule has 8 nitrogen and oxygen atoms in total. The van der Waals surface area contributed by atoms with Crippen molar-refractivity contribution in [1.29, 1.82) is 0 Å². The van der Waals surface area contributed by atoms with Crippen LogP contribution in [0, 0.1) is 0 Å². The van der Waals surface area contributed by atoms with E-state index in [0.717, 1.165) is 45.0 Å². The van der Waals surface area contributed by atoms with Gasteiger partial charge in [0.05, 0.1) is 19.0 Å². The molecule has 2 fully saturated rings. The van der Waals surface area contributed by atoms with Gasteiger partial charge in [0.1, 0.15) is 6.10 Å². The number of aliphatic imine (C=N–C) groups is 1. The van der Waals surface area contributed by atoms with E-state index in [9.17, 15) is 8.42 Å². The highest BCUT2D eigenvalue weighted by molar-refractivity contribution is 14.0. The number of halogens is 1. The van der Waals surface area contributed by atoms with Crippen LogP contribution in [0.25, 0.3) is 0 Å². The molecular formula is C17H35IN4O4S. The van der Waals surface area contributed by atoms with E-state index in [4.69, 9.17) is 14.5 Å². The molecule has 2 aliphatic rings. The van der Waals surface area contributed by atoms with Gasteiger partial charge in [0.15, 0.2) is 5.96 Å². The van der Waals surface area contributed by atoms with Gasteiger partial charge in [-0.25, -0.2) is 12.7 Å². The molecule has 0 bridgehead atoms. The molecule has 160 valence electrons. The molecule has 0 amide bonds. The van der Waals surface area contributed by atoms with Crippen molar-refractivity contribution in [1.82, 2.24) is 14.5 Å². The van der Waals surface area contributed by atoms with Gasteiger partial charge in [-0.1, -0.05) is 6.92 Å². The van der Waals surface area contributed by atoms with Crippen molar-refractivity contribution in [2.45, 2.75) is 45.3 Å². The number of rotatable bonds is 8. The van der Waals surface area contributed by atoms with E-state index in [1.165, 1.54) is 10.6 Å². The zero-order valence-corrected chi connectivity index (χ0v) is 19.9. The van der Waals surface area contributed by atoms with Gasteiger partial charge < -0.3 is 19.7 Å². The monoisotopic (exact) mass is 518 g/mol. The summed E-state index contributed by atoms with van der Waals surface area (Å²) >= 11 is 0. The number of sulfonamides is 1. The van der Waals surface area contributed by atoms with Gasteiger partial charge in [-0.2, -0.15) is 0 Å². The average molecular weight is 518 g/mol. The van der Waals surface area contributed by atoms with Crippen LogP contribution in [0.4, 0.5) is 0 Å². The normalized spacial score (nSPS) is 24.1. The second kappa shape index (κ2) is 12.4. The molecule has 0 aliphatic carbocycles. The third-order valence-electron chi connectivity index (χ3n) is 4.76. The Morgan fingerprint density at radius 3 is 2.59 bits per heavy atom. The van der Waals surface area contributed by atoms with Gasteiger partial charge in [-0.3, -0.25) is 4.99 Å².